The van der Waals surface area contributed by atoms with E-state index in [1.54, 1.807) is 11.3 Å². The molecule has 0 unspecified atom stereocenters. The standard InChI is InChI=1S/C19H18N4OS/c24-12-14-5-3-9-22(14)19-8-7-18-20-11-15(23(18)21-19)17-10-13-4-1-2-6-16(13)25-17/h1-2,4,6-8,10-11,14,24H,3,5,9,12H2/t14-/m0/s1. The van der Waals surface area contributed by atoms with Crippen LogP contribution in [0, 0.1) is 0 Å². The molecule has 4 heterocycles. The first kappa shape index (κ1) is 14.9. The minimum absolute atomic E-state index is 0.168. The molecule has 0 bridgehead atoms. The Morgan fingerprint density at radius 3 is 3.00 bits per heavy atom. The molecule has 0 aliphatic carbocycles. The van der Waals surface area contributed by atoms with Gasteiger partial charge in [-0.1, -0.05) is 18.2 Å². The minimum atomic E-state index is 0.168. The third kappa shape index (κ3) is 2.41. The van der Waals surface area contributed by atoms with E-state index in [9.17, 15) is 5.11 Å². The van der Waals surface area contributed by atoms with E-state index in [4.69, 9.17) is 5.10 Å². The predicted octanol–water partition coefficient (Wildman–Crippen LogP) is 3.57. The van der Waals surface area contributed by atoms with Crippen molar-refractivity contribution in [3.63, 3.8) is 0 Å². The molecule has 1 aromatic carbocycles. The Balaban J connectivity index is 1.62. The summed E-state index contributed by atoms with van der Waals surface area (Å²) in [7, 11) is 0. The summed E-state index contributed by atoms with van der Waals surface area (Å²) in [5.41, 5.74) is 1.86. The number of fused-ring (bicyclic) bond motifs is 2. The van der Waals surface area contributed by atoms with Crippen LogP contribution in [0.1, 0.15) is 12.8 Å². The van der Waals surface area contributed by atoms with E-state index in [0.29, 0.717) is 0 Å². The Kier molecular flexibility index (Phi) is 3.46. The fourth-order valence-electron chi connectivity index (χ4n) is 3.62. The van der Waals surface area contributed by atoms with E-state index >= 15 is 0 Å². The molecule has 5 nitrogen and oxygen atoms in total. The average Bonchev–Trinajstić information content (AvgIpc) is 3.37. The van der Waals surface area contributed by atoms with Crippen molar-refractivity contribution in [1.82, 2.24) is 14.6 Å². The first-order valence-electron chi connectivity index (χ1n) is 8.55. The summed E-state index contributed by atoms with van der Waals surface area (Å²) in [6, 6.07) is 14.8. The van der Waals surface area contributed by atoms with E-state index in [1.807, 2.05) is 22.8 Å². The van der Waals surface area contributed by atoms with Gasteiger partial charge in [-0.2, -0.15) is 0 Å². The highest BCUT2D eigenvalue weighted by Gasteiger charge is 2.25. The van der Waals surface area contributed by atoms with E-state index in [1.165, 1.54) is 15.0 Å². The van der Waals surface area contributed by atoms with Crippen LogP contribution in [0.25, 0.3) is 26.3 Å². The lowest BCUT2D eigenvalue weighted by Gasteiger charge is -2.23. The molecule has 25 heavy (non-hydrogen) atoms. The second-order valence-electron chi connectivity index (χ2n) is 6.43. The van der Waals surface area contributed by atoms with E-state index in [2.05, 4.69) is 40.2 Å². The van der Waals surface area contributed by atoms with Gasteiger partial charge in [0.1, 0.15) is 11.5 Å². The molecule has 1 aliphatic heterocycles. The van der Waals surface area contributed by atoms with Crippen LogP contribution in [0.3, 0.4) is 0 Å². The highest BCUT2D eigenvalue weighted by atomic mass is 32.1. The molecule has 1 saturated heterocycles. The summed E-state index contributed by atoms with van der Waals surface area (Å²) in [5.74, 6) is 0.907. The molecular weight excluding hydrogens is 332 g/mol. The molecule has 126 valence electrons. The molecule has 1 aliphatic rings. The molecule has 4 aromatic rings. The van der Waals surface area contributed by atoms with Gasteiger partial charge >= 0.3 is 0 Å². The molecule has 3 aromatic heterocycles. The second kappa shape index (κ2) is 5.82. The van der Waals surface area contributed by atoms with Crippen molar-refractivity contribution in [2.75, 3.05) is 18.1 Å². The summed E-state index contributed by atoms with van der Waals surface area (Å²) < 4.78 is 3.19. The molecule has 0 radical (unpaired) electrons. The van der Waals surface area contributed by atoms with Crippen LogP contribution in [0.15, 0.2) is 48.7 Å². The molecule has 1 N–H and O–H groups in total. The van der Waals surface area contributed by atoms with Crippen LogP contribution in [0.2, 0.25) is 0 Å². The van der Waals surface area contributed by atoms with Gasteiger partial charge < -0.3 is 10.0 Å². The van der Waals surface area contributed by atoms with Gasteiger partial charge in [-0.15, -0.1) is 16.4 Å². The van der Waals surface area contributed by atoms with Gasteiger partial charge in [-0.05, 0) is 42.5 Å². The van der Waals surface area contributed by atoms with Crippen molar-refractivity contribution in [2.45, 2.75) is 18.9 Å². The molecule has 1 fully saturated rings. The zero-order valence-electron chi connectivity index (χ0n) is 13.7. The maximum absolute atomic E-state index is 9.60. The number of nitrogens with zero attached hydrogens (tertiary/aromatic N) is 4. The Morgan fingerprint density at radius 1 is 1.20 bits per heavy atom. The zero-order chi connectivity index (χ0) is 16.8. The first-order chi connectivity index (χ1) is 12.3. The number of imidazole rings is 1. The van der Waals surface area contributed by atoms with E-state index in [-0.39, 0.29) is 12.6 Å². The van der Waals surface area contributed by atoms with Crippen LogP contribution >= 0.6 is 11.3 Å². The number of hydrogen-bond donors (Lipinski definition) is 1. The van der Waals surface area contributed by atoms with Gasteiger partial charge in [0, 0.05) is 11.2 Å². The number of anilines is 1. The lowest BCUT2D eigenvalue weighted by Crippen LogP contribution is -2.33. The topological polar surface area (TPSA) is 53.7 Å². The third-order valence-electron chi connectivity index (χ3n) is 4.91. The lowest BCUT2D eigenvalue weighted by molar-refractivity contribution is 0.266. The quantitative estimate of drug-likeness (QED) is 0.614. The molecule has 5 rings (SSSR count). The number of hydrogen-bond acceptors (Lipinski definition) is 5. The Morgan fingerprint density at radius 2 is 2.12 bits per heavy atom. The van der Waals surface area contributed by atoms with Gasteiger partial charge in [0.25, 0.3) is 0 Å². The molecule has 0 saturated carbocycles. The molecule has 0 spiro atoms. The zero-order valence-corrected chi connectivity index (χ0v) is 14.5. The fraction of sp³-hybridized carbons (Fsp3) is 0.263. The van der Waals surface area contributed by atoms with Gasteiger partial charge in [0.05, 0.1) is 23.7 Å². The Hall–Kier alpha value is -2.44. The predicted molar refractivity (Wildman–Crippen MR) is 101 cm³/mol. The van der Waals surface area contributed by atoms with Gasteiger partial charge in [-0.3, -0.25) is 0 Å². The molecule has 1 atom stereocenters. The smallest absolute Gasteiger partial charge is 0.154 e. The molecule has 0 amide bonds. The maximum Gasteiger partial charge on any atom is 0.154 e. The van der Waals surface area contributed by atoms with Gasteiger partial charge in [-0.25, -0.2) is 9.50 Å². The van der Waals surface area contributed by atoms with Gasteiger partial charge in [0.2, 0.25) is 0 Å². The number of rotatable bonds is 3. The second-order valence-corrected chi connectivity index (χ2v) is 7.51. The highest BCUT2D eigenvalue weighted by Crippen LogP contribution is 2.34. The van der Waals surface area contributed by atoms with Crippen molar-refractivity contribution in [1.29, 1.82) is 0 Å². The summed E-state index contributed by atoms with van der Waals surface area (Å²) >= 11 is 1.76. The minimum Gasteiger partial charge on any atom is -0.394 e. The third-order valence-corrected chi connectivity index (χ3v) is 6.05. The SMILES string of the molecule is OC[C@@H]1CCCN1c1ccc2ncc(-c3cc4ccccc4s3)n2n1. The maximum atomic E-state index is 9.60. The Bertz CT molecular complexity index is 1020. The normalized spacial score (nSPS) is 17.8. The first-order valence-corrected chi connectivity index (χ1v) is 9.36. The van der Waals surface area contributed by atoms with Crippen molar-refractivity contribution in [2.24, 2.45) is 0 Å². The highest BCUT2D eigenvalue weighted by molar-refractivity contribution is 7.22. The number of benzene rings is 1. The van der Waals surface area contributed by atoms with Crippen LogP contribution in [0.4, 0.5) is 5.82 Å². The van der Waals surface area contributed by atoms with Gasteiger partial charge in [0.15, 0.2) is 5.65 Å². The lowest BCUT2D eigenvalue weighted by atomic mass is 10.2. The van der Waals surface area contributed by atoms with Crippen LogP contribution in [-0.4, -0.2) is 38.9 Å². The van der Waals surface area contributed by atoms with Crippen molar-refractivity contribution >= 4 is 32.9 Å². The van der Waals surface area contributed by atoms with E-state index in [0.717, 1.165) is 36.5 Å². The van der Waals surface area contributed by atoms with E-state index < -0.39 is 0 Å². The molecule has 6 heteroatoms. The Labute approximate surface area is 149 Å². The average molecular weight is 350 g/mol. The number of aliphatic hydroxyl groups is 1. The van der Waals surface area contributed by atoms with Crippen molar-refractivity contribution in [3.05, 3.63) is 48.7 Å². The summed E-state index contributed by atoms with van der Waals surface area (Å²) in [6.45, 7) is 1.11. The van der Waals surface area contributed by atoms with Crippen LogP contribution < -0.4 is 4.90 Å². The van der Waals surface area contributed by atoms with Crippen LogP contribution in [-0.2, 0) is 0 Å². The summed E-state index contributed by atoms with van der Waals surface area (Å²) in [5, 5.41) is 15.7. The molecular formula is C19H18N4OS. The number of thiophene rings is 1. The van der Waals surface area contributed by atoms with Crippen LogP contribution in [0.5, 0.6) is 0 Å². The number of aliphatic hydroxyl groups excluding tert-OH is 1. The fourth-order valence-corrected chi connectivity index (χ4v) is 4.68. The number of aromatic nitrogens is 3. The van der Waals surface area contributed by atoms with Crippen molar-refractivity contribution in [3.8, 4) is 10.6 Å². The monoisotopic (exact) mass is 350 g/mol. The van der Waals surface area contributed by atoms with Crippen molar-refractivity contribution < 1.29 is 5.11 Å². The summed E-state index contributed by atoms with van der Waals surface area (Å²) in [6.07, 6.45) is 4.01. The largest absolute Gasteiger partial charge is 0.394 e. The summed E-state index contributed by atoms with van der Waals surface area (Å²) in [4.78, 5) is 7.88.